The van der Waals surface area contributed by atoms with E-state index in [1.165, 1.54) is 5.38 Å². The standard InChI is InChI=1S/C10H11N5O8S2/c11-10-13-5(3-24-10)7(14-23-2-6(16)17)8(18)12-4-1-15(9(4)19)25(20,21)22/h3-4H,1-2H2,(H2,11,13)(H,12,18)(H,16,17)(H,20,21,22)/t4-/m0/s1. The normalized spacial score (nSPS) is 17.8. The highest BCUT2D eigenvalue weighted by Crippen LogP contribution is 2.16. The topological polar surface area (TPSA) is 202 Å². The van der Waals surface area contributed by atoms with Crippen LogP contribution >= 0.6 is 11.3 Å². The zero-order valence-corrected chi connectivity index (χ0v) is 13.8. The monoisotopic (exact) mass is 393 g/mol. The van der Waals surface area contributed by atoms with Gasteiger partial charge in [-0.2, -0.15) is 8.42 Å². The van der Waals surface area contributed by atoms with Crippen molar-refractivity contribution in [3.05, 3.63) is 11.1 Å². The number of aromatic nitrogens is 1. The molecular formula is C10H11N5O8S2. The summed E-state index contributed by atoms with van der Waals surface area (Å²) < 4.78 is 30.6. The molecule has 1 aromatic rings. The molecule has 0 radical (unpaired) electrons. The van der Waals surface area contributed by atoms with Gasteiger partial charge >= 0.3 is 16.3 Å². The number of carbonyl (C=O) groups excluding carboxylic acids is 2. The summed E-state index contributed by atoms with van der Waals surface area (Å²) in [6.07, 6.45) is 0. The smallest absolute Gasteiger partial charge is 0.362 e. The van der Waals surface area contributed by atoms with E-state index in [1.807, 2.05) is 0 Å². The van der Waals surface area contributed by atoms with Gasteiger partial charge < -0.3 is 21.0 Å². The van der Waals surface area contributed by atoms with E-state index < -0.39 is 53.0 Å². The van der Waals surface area contributed by atoms with E-state index in [0.717, 1.165) is 11.3 Å². The fraction of sp³-hybridized carbons (Fsp3) is 0.300. The molecule has 136 valence electrons. The van der Waals surface area contributed by atoms with E-state index in [9.17, 15) is 22.8 Å². The summed E-state index contributed by atoms with van der Waals surface area (Å²) >= 11 is 0.979. The van der Waals surface area contributed by atoms with Crippen LogP contribution in [0.25, 0.3) is 0 Å². The lowest BCUT2D eigenvalue weighted by Crippen LogP contribution is -2.65. The summed E-state index contributed by atoms with van der Waals surface area (Å²) in [5.41, 5.74) is 4.97. The van der Waals surface area contributed by atoms with E-state index in [0.29, 0.717) is 0 Å². The van der Waals surface area contributed by atoms with Crippen molar-refractivity contribution in [2.45, 2.75) is 6.04 Å². The van der Waals surface area contributed by atoms with Crippen LogP contribution in [0, 0.1) is 0 Å². The number of nitrogens with one attached hydrogen (secondary N) is 1. The summed E-state index contributed by atoms with van der Waals surface area (Å²) in [4.78, 5) is 42.5. The minimum absolute atomic E-state index is 0.0243. The van der Waals surface area contributed by atoms with Crippen molar-refractivity contribution in [1.29, 1.82) is 0 Å². The van der Waals surface area contributed by atoms with Crippen LogP contribution in [0.15, 0.2) is 10.5 Å². The average Bonchev–Trinajstić information content (AvgIpc) is 2.91. The van der Waals surface area contributed by atoms with Crippen molar-refractivity contribution in [3.8, 4) is 0 Å². The molecule has 0 aromatic carbocycles. The molecule has 0 bridgehead atoms. The van der Waals surface area contributed by atoms with Gasteiger partial charge in [-0.05, 0) is 0 Å². The molecule has 2 amide bonds. The SMILES string of the molecule is Nc1nc(C(=NOCC(=O)O)C(=O)N[C@H]2CN(S(=O)(=O)O)C2=O)cs1. The maximum absolute atomic E-state index is 12.2. The Hall–Kier alpha value is -2.78. The Morgan fingerprint density at radius 1 is 1.56 bits per heavy atom. The largest absolute Gasteiger partial charge is 0.479 e. The van der Waals surface area contributed by atoms with E-state index in [4.69, 9.17) is 15.4 Å². The number of amides is 2. The van der Waals surface area contributed by atoms with Crippen LogP contribution in [0.2, 0.25) is 0 Å². The van der Waals surface area contributed by atoms with Crippen LogP contribution in [0.3, 0.4) is 0 Å². The number of hydrogen-bond acceptors (Lipinski definition) is 10. The minimum atomic E-state index is -4.69. The van der Waals surface area contributed by atoms with Gasteiger partial charge in [0.1, 0.15) is 11.7 Å². The number of oxime groups is 1. The van der Waals surface area contributed by atoms with Crippen molar-refractivity contribution in [3.63, 3.8) is 0 Å². The summed E-state index contributed by atoms with van der Waals surface area (Å²) in [7, 11) is -4.69. The lowest BCUT2D eigenvalue weighted by atomic mass is 10.1. The second kappa shape index (κ2) is 6.99. The lowest BCUT2D eigenvalue weighted by molar-refractivity contribution is -0.142. The Kier molecular flexibility index (Phi) is 5.19. The van der Waals surface area contributed by atoms with E-state index in [2.05, 4.69) is 20.3 Å². The van der Waals surface area contributed by atoms with Gasteiger partial charge in [0.2, 0.25) is 6.61 Å². The van der Waals surface area contributed by atoms with E-state index in [-0.39, 0.29) is 15.1 Å². The van der Waals surface area contributed by atoms with Gasteiger partial charge in [-0.25, -0.2) is 14.1 Å². The van der Waals surface area contributed by atoms with E-state index in [1.54, 1.807) is 0 Å². The molecule has 1 fully saturated rings. The Bertz CT molecular complexity index is 847. The molecule has 5 N–H and O–H groups in total. The van der Waals surface area contributed by atoms with Gasteiger partial charge in [0.25, 0.3) is 11.8 Å². The van der Waals surface area contributed by atoms with Crippen LogP contribution in [0.1, 0.15) is 5.69 Å². The van der Waals surface area contributed by atoms with Gasteiger partial charge in [-0.1, -0.05) is 5.16 Å². The van der Waals surface area contributed by atoms with Gasteiger partial charge in [-0.3, -0.25) is 14.1 Å². The molecule has 0 spiro atoms. The summed E-state index contributed by atoms with van der Waals surface area (Å²) in [5, 5.41) is 15.5. The molecule has 15 heteroatoms. The van der Waals surface area contributed by atoms with Crippen LogP contribution in [-0.4, -0.2) is 70.1 Å². The molecule has 1 atom stereocenters. The zero-order chi connectivity index (χ0) is 18.8. The highest BCUT2D eigenvalue weighted by Gasteiger charge is 2.45. The first-order chi connectivity index (χ1) is 11.6. The number of nitrogens with zero attached hydrogens (tertiary/aromatic N) is 3. The Labute approximate surface area is 143 Å². The van der Waals surface area contributed by atoms with Crippen molar-refractivity contribution in [2.24, 2.45) is 5.16 Å². The Morgan fingerprint density at radius 3 is 2.72 bits per heavy atom. The molecule has 2 heterocycles. The Morgan fingerprint density at radius 2 is 2.24 bits per heavy atom. The summed E-state index contributed by atoms with van der Waals surface area (Å²) in [5.74, 6) is -3.34. The highest BCUT2D eigenvalue weighted by atomic mass is 32.2. The van der Waals surface area contributed by atoms with Gasteiger partial charge in [0, 0.05) is 5.38 Å². The van der Waals surface area contributed by atoms with Crippen molar-refractivity contribution in [2.75, 3.05) is 18.9 Å². The number of β-lactam (4-membered cyclic amide) rings is 1. The van der Waals surface area contributed by atoms with Crippen molar-refractivity contribution < 1.29 is 37.3 Å². The zero-order valence-electron chi connectivity index (χ0n) is 12.1. The quantitative estimate of drug-likeness (QED) is 0.168. The minimum Gasteiger partial charge on any atom is -0.479 e. The number of carbonyl (C=O) groups is 3. The number of aliphatic carboxylic acids is 1. The molecule has 0 unspecified atom stereocenters. The highest BCUT2D eigenvalue weighted by molar-refractivity contribution is 7.84. The predicted molar refractivity (Wildman–Crippen MR) is 81.8 cm³/mol. The van der Waals surface area contributed by atoms with Crippen LogP contribution in [-0.2, 0) is 29.5 Å². The third-order valence-corrected chi connectivity index (χ3v) is 4.36. The molecule has 0 saturated carbocycles. The predicted octanol–water partition coefficient (Wildman–Crippen LogP) is -2.34. The molecule has 1 aliphatic rings. The molecule has 13 nitrogen and oxygen atoms in total. The molecule has 0 aliphatic carbocycles. The first kappa shape index (κ1) is 18.6. The van der Waals surface area contributed by atoms with Gasteiger partial charge in [0.15, 0.2) is 10.8 Å². The van der Waals surface area contributed by atoms with Crippen LogP contribution < -0.4 is 11.1 Å². The fourth-order valence-electron chi connectivity index (χ4n) is 1.69. The number of hydrogen-bond donors (Lipinski definition) is 4. The second-order valence-electron chi connectivity index (χ2n) is 4.55. The van der Waals surface area contributed by atoms with Crippen molar-refractivity contribution >= 4 is 50.3 Å². The molecule has 25 heavy (non-hydrogen) atoms. The number of rotatable bonds is 7. The van der Waals surface area contributed by atoms with Crippen LogP contribution in [0.4, 0.5) is 5.13 Å². The Balaban J connectivity index is 2.11. The number of thiazole rings is 1. The number of nitrogens with two attached hydrogens (primary N) is 1. The number of carboxylic acid groups (broad SMARTS) is 1. The number of anilines is 1. The third kappa shape index (κ3) is 4.40. The molecular weight excluding hydrogens is 382 g/mol. The fourth-order valence-corrected chi connectivity index (χ4v) is 2.93. The number of nitrogen functional groups attached to an aromatic ring is 1. The lowest BCUT2D eigenvalue weighted by Gasteiger charge is -2.35. The summed E-state index contributed by atoms with van der Waals surface area (Å²) in [6.45, 7) is -1.29. The molecule has 2 rings (SSSR count). The first-order valence-electron chi connectivity index (χ1n) is 6.32. The molecule has 1 aromatic heterocycles. The first-order valence-corrected chi connectivity index (χ1v) is 8.60. The summed E-state index contributed by atoms with van der Waals surface area (Å²) in [6, 6.07) is -1.21. The second-order valence-corrected chi connectivity index (χ2v) is 6.78. The van der Waals surface area contributed by atoms with Crippen molar-refractivity contribution in [1.82, 2.24) is 14.6 Å². The molecule has 1 saturated heterocycles. The average molecular weight is 393 g/mol. The van der Waals surface area contributed by atoms with Crippen LogP contribution in [0.5, 0.6) is 0 Å². The van der Waals surface area contributed by atoms with E-state index >= 15 is 0 Å². The maximum atomic E-state index is 12.2. The number of carboxylic acids is 1. The maximum Gasteiger partial charge on any atom is 0.362 e. The van der Waals surface area contributed by atoms with Gasteiger partial charge in [-0.15, -0.1) is 11.3 Å². The molecule has 1 aliphatic heterocycles. The van der Waals surface area contributed by atoms with Gasteiger partial charge in [0.05, 0.1) is 6.54 Å². The third-order valence-electron chi connectivity index (χ3n) is 2.80.